The van der Waals surface area contributed by atoms with Crippen molar-refractivity contribution in [2.75, 3.05) is 11.5 Å². The van der Waals surface area contributed by atoms with Gasteiger partial charge in [0.15, 0.2) is 0 Å². The van der Waals surface area contributed by atoms with E-state index in [1.165, 1.54) is 44.5 Å². The van der Waals surface area contributed by atoms with Gasteiger partial charge in [-0.05, 0) is 122 Å². The summed E-state index contributed by atoms with van der Waals surface area (Å²) in [6.07, 6.45) is 15.8. The molecule has 8 aromatic carbocycles. The summed E-state index contributed by atoms with van der Waals surface area (Å²) >= 11 is 0. The molecule has 0 bridgehead atoms. The van der Waals surface area contributed by atoms with Crippen molar-refractivity contribution in [2.24, 2.45) is 0 Å². The number of ether oxygens (including phenoxy) is 1. The lowest BCUT2D eigenvalue weighted by atomic mass is 9.67. The fourth-order valence-corrected chi connectivity index (χ4v) is 12.0. The van der Waals surface area contributed by atoms with Gasteiger partial charge in [-0.1, -0.05) is 191 Å². The molecule has 3 nitrogen and oxygen atoms in total. The van der Waals surface area contributed by atoms with Crippen molar-refractivity contribution in [3.63, 3.8) is 0 Å². The maximum atomic E-state index is 6.97. The van der Waals surface area contributed by atoms with Crippen LogP contribution in [0, 0.1) is 0 Å². The average molecular weight is 888 g/mol. The third kappa shape index (κ3) is 6.00. The van der Waals surface area contributed by atoms with Crippen molar-refractivity contribution < 1.29 is 9.15 Å². The van der Waals surface area contributed by atoms with E-state index in [0.29, 0.717) is 13.0 Å². The molecule has 3 aliphatic carbocycles. The molecule has 1 unspecified atom stereocenters. The Balaban J connectivity index is 1.06. The van der Waals surface area contributed by atoms with Crippen LogP contribution < -0.4 is 9.64 Å². The van der Waals surface area contributed by atoms with E-state index in [1.807, 2.05) is 12.1 Å². The molecule has 330 valence electrons. The lowest BCUT2D eigenvalue weighted by Crippen LogP contribution is -2.28. The molecule has 0 amide bonds. The molecule has 1 aromatic heterocycles. The van der Waals surface area contributed by atoms with E-state index in [-0.39, 0.29) is 5.41 Å². The van der Waals surface area contributed by atoms with E-state index >= 15 is 0 Å². The number of anilines is 2. The summed E-state index contributed by atoms with van der Waals surface area (Å²) in [7, 11) is 0. The number of fused-ring (bicyclic) bond motifs is 14. The summed E-state index contributed by atoms with van der Waals surface area (Å²) in [5.74, 6) is 0.800. The van der Waals surface area contributed by atoms with Crippen LogP contribution in [-0.4, -0.2) is 6.61 Å². The Morgan fingerprint density at radius 2 is 1.19 bits per heavy atom. The Kier molecular flexibility index (Phi) is 9.22. The minimum Gasteiger partial charge on any atom is -0.488 e. The fraction of sp³-hybridized carbons (Fsp3) is 0.0909. The van der Waals surface area contributed by atoms with Crippen LogP contribution in [0.25, 0.3) is 66.5 Å². The molecule has 0 saturated heterocycles. The molecule has 0 N–H and O–H groups in total. The van der Waals surface area contributed by atoms with Crippen molar-refractivity contribution in [1.29, 1.82) is 0 Å². The number of hydrogen-bond donors (Lipinski definition) is 0. The molecular weight excluding hydrogens is 839 g/mol. The molecule has 1 aliphatic heterocycles. The van der Waals surface area contributed by atoms with E-state index in [0.717, 1.165) is 83.7 Å². The van der Waals surface area contributed by atoms with Crippen LogP contribution >= 0.6 is 0 Å². The van der Waals surface area contributed by atoms with E-state index in [1.54, 1.807) is 0 Å². The molecule has 0 fully saturated rings. The molecule has 4 aliphatic rings. The van der Waals surface area contributed by atoms with Gasteiger partial charge in [0.1, 0.15) is 23.5 Å². The van der Waals surface area contributed by atoms with Crippen molar-refractivity contribution in [3.05, 3.63) is 270 Å². The second-order valence-electron chi connectivity index (χ2n) is 19.2. The highest BCUT2D eigenvalue weighted by Gasteiger charge is 2.48. The molecular formula is C66H49NO2. The zero-order valence-corrected chi connectivity index (χ0v) is 38.8. The quantitative estimate of drug-likeness (QED) is 0.176. The van der Waals surface area contributed by atoms with Crippen LogP contribution in [0.4, 0.5) is 11.4 Å². The summed E-state index contributed by atoms with van der Waals surface area (Å²) < 4.78 is 13.8. The molecule has 1 spiro atoms. The van der Waals surface area contributed by atoms with E-state index in [2.05, 4.69) is 219 Å². The number of allylic oxidation sites excluding steroid dienone is 8. The van der Waals surface area contributed by atoms with Gasteiger partial charge in [-0.3, -0.25) is 0 Å². The first kappa shape index (κ1) is 40.8. The second-order valence-corrected chi connectivity index (χ2v) is 19.2. The van der Waals surface area contributed by atoms with Gasteiger partial charge in [0.25, 0.3) is 0 Å². The Hall–Kier alpha value is -8.40. The van der Waals surface area contributed by atoms with Gasteiger partial charge in [0.2, 0.25) is 0 Å². The van der Waals surface area contributed by atoms with Gasteiger partial charge in [-0.25, -0.2) is 0 Å². The largest absolute Gasteiger partial charge is 0.488 e. The highest BCUT2D eigenvalue weighted by molar-refractivity contribution is 6.13. The van der Waals surface area contributed by atoms with Gasteiger partial charge < -0.3 is 14.1 Å². The van der Waals surface area contributed by atoms with Crippen LogP contribution in [0.3, 0.4) is 0 Å². The molecule has 1 atom stereocenters. The Morgan fingerprint density at radius 3 is 2.03 bits per heavy atom. The van der Waals surface area contributed by atoms with Crippen molar-refractivity contribution in [3.8, 4) is 39.1 Å². The Bertz CT molecular complexity index is 3780. The summed E-state index contributed by atoms with van der Waals surface area (Å²) in [6, 6.07) is 61.8. The number of benzene rings is 8. The van der Waals surface area contributed by atoms with Gasteiger partial charge in [-0.2, -0.15) is 0 Å². The molecule has 69 heavy (non-hydrogen) atoms. The molecule has 0 saturated carbocycles. The maximum absolute atomic E-state index is 6.97. The first-order valence-corrected chi connectivity index (χ1v) is 24.0. The second kappa shape index (κ2) is 15.6. The topological polar surface area (TPSA) is 25.6 Å². The number of hydrogen-bond acceptors (Lipinski definition) is 3. The summed E-state index contributed by atoms with van der Waals surface area (Å²) in [4.78, 5) is 2.40. The highest BCUT2D eigenvalue weighted by atomic mass is 16.5. The van der Waals surface area contributed by atoms with E-state index < -0.39 is 5.41 Å². The molecule has 2 heterocycles. The van der Waals surface area contributed by atoms with Gasteiger partial charge >= 0.3 is 0 Å². The van der Waals surface area contributed by atoms with Gasteiger partial charge in [0, 0.05) is 44.3 Å². The molecule has 3 heteroatoms. The van der Waals surface area contributed by atoms with Crippen molar-refractivity contribution in [2.45, 2.75) is 31.1 Å². The minimum absolute atomic E-state index is 0.163. The lowest BCUT2D eigenvalue weighted by molar-refractivity contribution is 0.363. The maximum Gasteiger partial charge on any atom is 0.143 e. The van der Waals surface area contributed by atoms with Crippen LogP contribution in [0.1, 0.15) is 59.2 Å². The number of furan rings is 1. The van der Waals surface area contributed by atoms with E-state index in [4.69, 9.17) is 22.3 Å². The van der Waals surface area contributed by atoms with Crippen LogP contribution in [0.2, 0.25) is 0 Å². The zero-order valence-electron chi connectivity index (χ0n) is 38.8. The fourth-order valence-electron chi connectivity index (χ4n) is 12.0. The number of para-hydroxylation sites is 3. The van der Waals surface area contributed by atoms with Gasteiger partial charge in [0.05, 0.1) is 11.1 Å². The van der Waals surface area contributed by atoms with Crippen LogP contribution in [0.15, 0.2) is 236 Å². The van der Waals surface area contributed by atoms with Crippen LogP contribution in [0.5, 0.6) is 5.75 Å². The summed E-state index contributed by atoms with van der Waals surface area (Å²) in [6.45, 7) is 14.9. The zero-order chi connectivity index (χ0) is 46.4. The average Bonchev–Trinajstić information content (AvgIpc) is 4.01. The molecule has 9 aromatic rings. The first-order valence-electron chi connectivity index (χ1n) is 24.0. The normalized spacial score (nSPS) is 19.4. The summed E-state index contributed by atoms with van der Waals surface area (Å²) in [5, 5.41) is 2.16. The third-order valence-electron chi connectivity index (χ3n) is 15.2. The van der Waals surface area contributed by atoms with Gasteiger partial charge in [-0.15, -0.1) is 0 Å². The van der Waals surface area contributed by atoms with Crippen molar-refractivity contribution in [1.82, 2.24) is 0 Å². The SMILES string of the molecule is C=C1/C(N(c2ccccc2)c2ccc3c(c2)C(C)(C)c2ccccc2-3)=C\C=C/CC2(c3ccccc31)c1ccccc1-c1c2cc2c(c1-c1cccc3c1oc1ccccc13)OC/C=C\C=C/C2=C. The smallest absolute Gasteiger partial charge is 0.143 e. The molecule has 13 rings (SSSR count). The predicted molar refractivity (Wildman–Crippen MR) is 287 cm³/mol. The Morgan fingerprint density at radius 1 is 0.507 bits per heavy atom. The monoisotopic (exact) mass is 887 g/mol. The van der Waals surface area contributed by atoms with E-state index in [9.17, 15) is 0 Å². The highest BCUT2D eigenvalue weighted by Crippen LogP contribution is 2.62. The number of rotatable bonds is 4. The first-order chi connectivity index (χ1) is 33.8. The predicted octanol–water partition coefficient (Wildman–Crippen LogP) is 17.1. The van der Waals surface area contributed by atoms with Crippen molar-refractivity contribution >= 4 is 44.5 Å². The third-order valence-corrected chi connectivity index (χ3v) is 15.2. The summed E-state index contributed by atoms with van der Waals surface area (Å²) in [5.41, 5.74) is 21.1. The number of nitrogens with zero attached hydrogens (tertiary/aromatic N) is 1. The standard InChI is InChI=1S/C66H49NO2/c1-42-22-7-6-20-39-68-64-53(42)41-58-61(62(64)52-30-21-29-50-49-27-13-17-35-60(49)69-63(50)52)51-28-12-16-33-56(51)66(58)38-19-18-34-59(43(2)46-25-10-15-32-55(46)66)67(44-23-8-5-9-24-44)45-36-37-48-47-26-11-14-31-54(47)65(3,4)57(48)40-45/h5-37,40-41H,1-2,38-39H2,3-4H3/b19-18-,20-6-,22-7-,59-34+. The van der Waals surface area contributed by atoms with Crippen LogP contribution in [-0.2, 0) is 10.8 Å². The Labute approximate surface area is 403 Å². The molecule has 0 radical (unpaired) electrons. The lowest BCUT2D eigenvalue weighted by Gasteiger charge is -2.36. The minimum atomic E-state index is -0.640.